The molecular weight excluding hydrogens is 211 g/mol. The first-order valence-corrected chi connectivity index (χ1v) is 5.02. The minimum Gasteiger partial charge on any atom is -0.326 e. The van der Waals surface area contributed by atoms with E-state index >= 15 is 0 Å². The molecule has 0 heterocycles. The smallest absolute Gasteiger partial charge is 0.275 e. The summed E-state index contributed by atoms with van der Waals surface area (Å²) in [5.74, 6) is -0.543. The van der Waals surface area contributed by atoms with E-state index in [9.17, 15) is 14.5 Å². The molecule has 4 nitrogen and oxygen atoms in total. The Balaban J connectivity index is 2.98. The summed E-state index contributed by atoms with van der Waals surface area (Å²) in [6, 6.07) is 3.87. The second kappa shape index (κ2) is 4.57. The van der Waals surface area contributed by atoms with Crippen LogP contribution in [0.1, 0.15) is 25.8 Å². The Labute approximate surface area is 93.4 Å². The molecule has 0 fully saturated rings. The molecule has 1 aromatic rings. The summed E-state index contributed by atoms with van der Waals surface area (Å²) in [7, 11) is 0. The fourth-order valence-electron chi connectivity index (χ4n) is 1.41. The number of nitro benzene ring substituents is 1. The molecule has 88 valence electrons. The standard InChI is InChI=1S/C11H15FN2O2/c1-11(2,13)7-6-8-9(12)4-3-5-10(8)14(15)16/h3-5H,6-7,13H2,1-2H3. The van der Waals surface area contributed by atoms with E-state index in [4.69, 9.17) is 5.73 Å². The van der Waals surface area contributed by atoms with E-state index in [1.54, 1.807) is 13.8 Å². The third-order valence-electron chi connectivity index (χ3n) is 2.31. The highest BCUT2D eigenvalue weighted by Gasteiger charge is 2.20. The normalized spacial score (nSPS) is 11.5. The fourth-order valence-corrected chi connectivity index (χ4v) is 1.41. The average Bonchev–Trinajstić information content (AvgIpc) is 2.13. The maximum absolute atomic E-state index is 13.4. The van der Waals surface area contributed by atoms with Crippen LogP contribution >= 0.6 is 0 Å². The van der Waals surface area contributed by atoms with Gasteiger partial charge in [0.25, 0.3) is 5.69 Å². The number of benzene rings is 1. The summed E-state index contributed by atoms with van der Waals surface area (Å²) in [6.45, 7) is 3.61. The molecule has 0 unspecified atom stereocenters. The molecule has 2 N–H and O–H groups in total. The van der Waals surface area contributed by atoms with Crippen LogP contribution in [0.4, 0.5) is 10.1 Å². The van der Waals surface area contributed by atoms with Crippen molar-refractivity contribution in [3.05, 3.63) is 39.7 Å². The lowest BCUT2D eigenvalue weighted by atomic mass is 9.95. The zero-order chi connectivity index (χ0) is 12.3. The molecule has 0 bridgehead atoms. The number of hydrogen-bond acceptors (Lipinski definition) is 3. The number of rotatable bonds is 4. The van der Waals surface area contributed by atoms with Gasteiger partial charge >= 0.3 is 0 Å². The fraction of sp³-hybridized carbons (Fsp3) is 0.455. The van der Waals surface area contributed by atoms with Crippen LogP contribution in [0, 0.1) is 15.9 Å². The zero-order valence-electron chi connectivity index (χ0n) is 9.37. The average molecular weight is 226 g/mol. The van der Waals surface area contributed by atoms with Gasteiger partial charge in [-0.2, -0.15) is 0 Å². The first-order chi connectivity index (χ1) is 7.31. The highest BCUT2D eigenvalue weighted by atomic mass is 19.1. The van der Waals surface area contributed by atoms with E-state index in [0.717, 1.165) is 0 Å². The minimum atomic E-state index is -0.568. The topological polar surface area (TPSA) is 69.2 Å². The summed E-state index contributed by atoms with van der Waals surface area (Å²) in [4.78, 5) is 10.1. The number of nitro groups is 1. The van der Waals surface area contributed by atoms with E-state index in [1.165, 1.54) is 18.2 Å². The van der Waals surface area contributed by atoms with Gasteiger partial charge in [0.15, 0.2) is 0 Å². The van der Waals surface area contributed by atoms with Crippen LogP contribution in [0.25, 0.3) is 0 Å². The Morgan fingerprint density at radius 1 is 1.50 bits per heavy atom. The van der Waals surface area contributed by atoms with Crippen LogP contribution in [0.5, 0.6) is 0 Å². The number of nitrogens with zero attached hydrogens (tertiary/aromatic N) is 1. The van der Waals surface area contributed by atoms with Crippen LogP contribution in [-0.2, 0) is 6.42 Å². The summed E-state index contributed by atoms with van der Waals surface area (Å²) in [5, 5.41) is 10.7. The maximum atomic E-state index is 13.4. The quantitative estimate of drug-likeness (QED) is 0.633. The molecular formula is C11H15FN2O2. The van der Waals surface area contributed by atoms with Gasteiger partial charge in [0.05, 0.1) is 10.5 Å². The van der Waals surface area contributed by atoms with Gasteiger partial charge in [0, 0.05) is 11.6 Å². The molecule has 0 radical (unpaired) electrons. The zero-order valence-corrected chi connectivity index (χ0v) is 9.37. The Kier molecular flexibility index (Phi) is 3.59. The third-order valence-corrected chi connectivity index (χ3v) is 2.31. The van der Waals surface area contributed by atoms with E-state index in [0.29, 0.717) is 6.42 Å². The van der Waals surface area contributed by atoms with Gasteiger partial charge in [0.1, 0.15) is 5.82 Å². The summed E-state index contributed by atoms with van der Waals surface area (Å²) < 4.78 is 13.4. The molecule has 0 atom stereocenters. The van der Waals surface area contributed by atoms with Crippen LogP contribution in [0.2, 0.25) is 0 Å². The molecule has 0 aliphatic rings. The van der Waals surface area contributed by atoms with Gasteiger partial charge in [0.2, 0.25) is 0 Å². The molecule has 0 saturated heterocycles. The van der Waals surface area contributed by atoms with Crippen molar-refractivity contribution in [2.24, 2.45) is 5.73 Å². The van der Waals surface area contributed by atoms with E-state index in [1.807, 2.05) is 0 Å². The van der Waals surface area contributed by atoms with Gasteiger partial charge in [-0.15, -0.1) is 0 Å². The van der Waals surface area contributed by atoms with E-state index < -0.39 is 16.3 Å². The van der Waals surface area contributed by atoms with Crippen molar-refractivity contribution in [2.45, 2.75) is 32.2 Å². The molecule has 0 amide bonds. The third kappa shape index (κ3) is 3.27. The second-order valence-electron chi connectivity index (χ2n) is 4.48. The lowest BCUT2D eigenvalue weighted by Crippen LogP contribution is -2.32. The van der Waals surface area contributed by atoms with Crippen LogP contribution in [0.15, 0.2) is 18.2 Å². The van der Waals surface area contributed by atoms with Gasteiger partial charge in [-0.05, 0) is 32.8 Å². The molecule has 0 saturated carbocycles. The van der Waals surface area contributed by atoms with E-state index in [2.05, 4.69) is 0 Å². The van der Waals surface area contributed by atoms with Crippen LogP contribution in [0.3, 0.4) is 0 Å². The lowest BCUT2D eigenvalue weighted by molar-refractivity contribution is -0.385. The van der Waals surface area contributed by atoms with Crippen molar-refractivity contribution in [1.29, 1.82) is 0 Å². The monoisotopic (exact) mass is 226 g/mol. The number of halogens is 1. The Hall–Kier alpha value is -1.49. The van der Waals surface area contributed by atoms with Crippen LogP contribution < -0.4 is 5.73 Å². The maximum Gasteiger partial charge on any atom is 0.275 e. The van der Waals surface area contributed by atoms with Crippen molar-refractivity contribution in [3.8, 4) is 0 Å². The predicted octanol–water partition coefficient (Wildman–Crippen LogP) is 2.40. The molecule has 5 heteroatoms. The van der Waals surface area contributed by atoms with Crippen molar-refractivity contribution < 1.29 is 9.31 Å². The van der Waals surface area contributed by atoms with Crippen molar-refractivity contribution in [2.75, 3.05) is 0 Å². The molecule has 1 rings (SSSR count). The molecule has 1 aromatic carbocycles. The first-order valence-electron chi connectivity index (χ1n) is 5.02. The number of nitrogens with two attached hydrogens (primary N) is 1. The predicted molar refractivity (Wildman–Crippen MR) is 59.6 cm³/mol. The minimum absolute atomic E-state index is 0.131. The molecule has 0 spiro atoms. The first kappa shape index (κ1) is 12.6. The van der Waals surface area contributed by atoms with Crippen molar-refractivity contribution in [3.63, 3.8) is 0 Å². The van der Waals surface area contributed by atoms with Crippen LogP contribution in [-0.4, -0.2) is 10.5 Å². The van der Waals surface area contributed by atoms with Gasteiger partial charge < -0.3 is 5.73 Å². The summed E-state index contributed by atoms with van der Waals surface area (Å²) in [5.41, 5.74) is 5.26. The van der Waals surface area contributed by atoms with E-state index in [-0.39, 0.29) is 17.7 Å². The molecule has 0 aliphatic heterocycles. The Morgan fingerprint density at radius 3 is 2.62 bits per heavy atom. The highest BCUT2D eigenvalue weighted by molar-refractivity contribution is 5.41. The van der Waals surface area contributed by atoms with Gasteiger partial charge in [-0.25, -0.2) is 4.39 Å². The Morgan fingerprint density at radius 2 is 2.12 bits per heavy atom. The number of hydrogen-bond donors (Lipinski definition) is 1. The van der Waals surface area contributed by atoms with Crippen molar-refractivity contribution >= 4 is 5.69 Å². The second-order valence-corrected chi connectivity index (χ2v) is 4.48. The highest BCUT2D eigenvalue weighted by Crippen LogP contribution is 2.24. The summed E-state index contributed by atoms with van der Waals surface area (Å²) in [6.07, 6.45) is 0.765. The van der Waals surface area contributed by atoms with Gasteiger partial charge in [-0.3, -0.25) is 10.1 Å². The summed E-state index contributed by atoms with van der Waals surface area (Å²) >= 11 is 0. The Bertz CT molecular complexity index is 399. The largest absolute Gasteiger partial charge is 0.326 e. The van der Waals surface area contributed by atoms with Crippen molar-refractivity contribution in [1.82, 2.24) is 0 Å². The molecule has 16 heavy (non-hydrogen) atoms. The molecule has 0 aromatic heterocycles. The molecule has 0 aliphatic carbocycles. The SMILES string of the molecule is CC(C)(N)CCc1c(F)cccc1[N+](=O)[O-]. The van der Waals surface area contributed by atoms with Gasteiger partial charge in [-0.1, -0.05) is 6.07 Å². The lowest BCUT2D eigenvalue weighted by Gasteiger charge is -2.18.